The molecule has 2 aromatic carbocycles. The second kappa shape index (κ2) is 7.68. The molecule has 0 heterocycles. The van der Waals surface area contributed by atoms with E-state index >= 15 is 0 Å². The molecule has 2 N–H and O–H groups in total. The van der Waals surface area contributed by atoms with Crippen molar-refractivity contribution in [2.75, 3.05) is 6.61 Å². The van der Waals surface area contributed by atoms with Crippen molar-refractivity contribution in [3.8, 4) is 5.75 Å². The van der Waals surface area contributed by atoms with Crippen molar-refractivity contribution in [3.05, 3.63) is 65.2 Å². The number of hydrogen-bond acceptors (Lipinski definition) is 3. The molecule has 0 aromatic heterocycles. The quantitative estimate of drug-likeness (QED) is 0.813. The summed E-state index contributed by atoms with van der Waals surface area (Å²) in [4.78, 5) is 0. The molecule has 3 nitrogen and oxygen atoms in total. The molecule has 0 atom stereocenters. The lowest BCUT2D eigenvalue weighted by molar-refractivity contribution is 0.282. The third-order valence-electron chi connectivity index (χ3n) is 3.07. The minimum Gasteiger partial charge on any atom is -0.494 e. The molecule has 0 spiro atoms. The van der Waals surface area contributed by atoms with E-state index in [9.17, 15) is 0 Å². The molecule has 0 aliphatic heterocycles. The summed E-state index contributed by atoms with van der Waals surface area (Å²) in [6.07, 6.45) is 0. The molecule has 0 saturated heterocycles. The second-order valence-corrected chi connectivity index (χ2v) is 4.66. The van der Waals surface area contributed by atoms with Crippen LogP contribution in [0.15, 0.2) is 48.5 Å². The lowest BCUT2D eigenvalue weighted by Crippen LogP contribution is -2.12. The van der Waals surface area contributed by atoms with Crippen LogP contribution in [0.2, 0.25) is 0 Å². The maximum absolute atomic E-state index is 9.00. The number of rotatable bonds is 7. The van der Waals surface area contributed by atoms with Gasteiger partial charge in [-0.2, -0.15) is 0 Å². The monoisotopic (exact) mass is 271 g/mol. The molecule has 0 bridgehead atoms. The van der Waals surface area contributed by atoms with Crippen LogP contribution in [0.3, 0.4) is 0 Å². The third-order valence-corrected chi connectivity index (χ3v) is 3.07. The van der Waals surface area contributed by atoms with Gasteiger partial charge in [-0.1, -0.05) is 36.4 Å². The second-order valence-electron chi connectivity index (χ2n) is 4.66. The third kappa shape index (κ3) is 4.37. The summed E-state index contributed by atoms with van der Waals surface area (Å²) in [5.41, 5.74) is 3.37. The van der Waals surface area contributed by atoms with Gasteiger partial charge < -0.3 is 15.2 Å². The minimum absolute atomic E-state index is 0.0952. The first-order chi connectivity index (χ1) is 9.81. The van der Waals surface area contributed by atoms with E-state index in [2.05, 4.69) is 17.4 Å². The summed E-state index contributed by atoms with van der Waals surface area (Å²) in [6, 6.07) is 16.1. The number of hydrogen-bond donors (Lipinski definition) is 2. The minimum atomic E-state index is 0.0952. The van der Waals surface area contributed by atoms with E-state index in [1.165, 1.54) is 11.1 Å². The Morgan fingerprint density at radius 1 is 0.950 bits per heavy atom. The first-order valence-electron chi connectivity index (χ1n) is 6.93. The number of ether oxygens (including phenoxy) is 1. The van der Waals surface area contributed by atoms with Gasteiger partial charge >= 0.3 is 0 Å². The highest BCUT2D eigenvalue weighted by atomic mass is 16.5. The number of benzene rings is 2. The van der Waals surface area contributed by atoms with E-state index in [4.69, 9.17) is 9.84 Å². The summed E-state index contributed by atoms with van der Waals surface area (Å²) < 4.78 is 5.49. The SMILES string of the molecule is CCOc1cccc(CNCc2ccc(CO)cc2)c1. The van der Waals surface area contributed by atoms with Crippen LogP contribution in [0.25, 0.3) is 0 Å². The van der Waals surface area contributed by atoms with Crippen LogP contribution in [-0.4, -0.2) is 11.7 Å². The summed E-state index contributed by atoms with van der Waals surface area (Å²) in [7, 11) is 0. The van der Waals surface area contributed by atoms with Crippen LogP contribution in [0, 0.1) is 0 Å². The van der Waals surface area contributed by atoms with E-state index in [0.29, 0.717) is 6.61 Å². The van der Waals surface area contributed by atoms with Crippen molar-refractivity contribution in [2.24, 2.45) is 0 Å². The van der Waals surface area contributed by atoms with Gasteiger partial charge in [-0.25, -0.2) is 0 Å². The van der Waals surface area contributed by atoms with E-state index in [0.717, 1.165) is 24.4 Å². The summed E-state index contributed by atoms with van der Waals surface area (Å²) >= 11 is 0. The van der Waals surface area contributed by atoms with E-state index in [-0.39, 0.29) is 6.61 Å². The predicted molar refractivity (Wildman–Crippen MR) is 80.5 cm³/mol. The smallest absolute Gasteiger partial charge is 0.119 e. The molecular weight excluding hydrogens is 250 g/mol. The van der Waals surface area contributed by atoms with Gasteiger partial charge in [0.2, 0.25) is 0 Å². The van der Waals surface area contributed by atoms with Crippen LogP contribution >= 0.6 is 0 Å². The van der Waals surface area contributed by atoms with Crippen LogP contribution in [0.5, 0.6) is 5.75 Å². The molecule has 20 heavy (non-hydrogen) atoms. The fourth-order valence-electron chi connectivity index (χ4n) is 2.03. The highest BCUT2D eigenvalue weighted by Crippen LogP contribution is 2.13. The molecule has 0 aliphatic carbocycles. The zero-order valence-electron chi connectivity index (χ0n) is 11.8. The lowest BCUT2D eigenvalue weighted by atomic mass is 10.1. The van der Waals surface area contributed by atoms with Crippen LogP contribution < -0.4 is 10.1 Å². The summed E-state index contributed by atoms with van der Waals surface area (Å²) in [5, 5.41) is 12.4. The maximum atomic E-state index is 9.00. The Labute approximate surface area is 120 Å². The largest absolute Gasteiger partial charge is 0.494 e. The molecule has 0 aliphatic rings. The average Bonchev–Trinajstić information content (AvgIpc) is 2.49. The number of aliphatic hydroxyl groups excluding tert-OH is 1. The highest BCUT2D eigenvalue weighted by molar-refractivity contribution is 5.28. The molecule has 2 aromatic rings. The Morgan fingerprint density at radius 3 is 2.35 bits per heavy atom. The van der Waals surface area contributed by atoms with Crippen molar-refractivity contribution in [1.82, 2.24) is 5.32 Å². The Morgan fingerprint density at radius 2 is 1.65 bits per heavy atom. The Balaban J connectivity index is 1.84. The molecule has 0 fully saturated rings. The maximum Gasteiger partial charge on any atom is 0.119 e. The van der Waals surface area contributed by atoms with E-state index < -0.39 is 0 Å². The standard InChI is InChI=1S/C17H21NO2/c1-2-20-17-5-3-4-16(10-17)12-18-11-14-6-8-15(13-19)9-7-14/h3-10,18-19H,2,11-13H2,1H3. The van der Waals surface area contributed by atoms with Gasteiger partial charge in [0, 0.05) is 13.1 Å². The van der Waals surface area contributed by atoms with Crippen LogP contribution in [0.1, 0.15) is 23.6 Å². The summed E-state index contributed by atoms with van der Waals surface area (Å²) in [6.45, 7) is 4.39. The molecule has 0 unspecified atom stereocenters. The predicted octanol–water partition coefficient (Wildman–Crippen LogP) is 2.87. The van der Waals surface area contributed by atoms with Gasteiger partial charge in [0.1, 0.15) is 5.75 Å². The zero-order valence-corrected chi connectivity index (χ0v) is 11.8. The number of aliphatic hydroxyl groups is 1. The van der Waals surface area contributed by atoms with Gasteiger partial charge in [0.25, 0.3) is 0 Å². The van der Waals surface area contributed by atoms with Crippen molar-refractivity contribution in [1.29, 1.82) is 0 Å². The van der Waals surface area contributed by atoms with Crippen molar-refractivity contribution >= 4 is 0 Å². The van der Waals surface area contributed by atoms with Crippen LogP contribution in [-0.2, 0) is 19.7 Å². The Kier molecular flexibility index (Phi) is 5.59. The van der Waals surface area contributed by atoms with Gasteiger partial charge in [-0.15, -0.1) is 0 Å². The normalized spacial score (nSPS) is 10.5. The first-order valence-corrected chi connectivity index (χ1v) is 6.93. The average molecular weight is 271 g/mol. The van der Waals surface area contributed by atoms with E-state index in [1.807, 2.05) is 43.3 Å². The number of nitrogens with one attached hydrogen (secondary N) is 1. The fraction of sp³-hybridized carbons (Fsp3) is 0.294. The van der Waals surface area contributed by atoms with Crippen molar-refractivity contribution < 1.29 is 9.84 Å². The van der Waals surface area contributed by atoms with Gasteiger partial charge in [0.05, 0.1) is 13.2 Å². The molecule has 0 saturated carbocycles. The van der Waals surface area contributed by atoms with Gasteiger partial charge in [-0.3, -0.25) is 0 Å². The zero-order chi connectivity index (χ0) is 14.2. The topological polar surface area (TPSA) is 41.5 Å². The van der Waals surface area contributed by atoms with Gasteiger partial charge in [0.15, 0.2) is 0 Å². The molecular formula is C17H21NO2. The Hall–Kier alpha value is -1.84. The highest BCUT2D eigenvalue weighted by Gasteiger charge is 1.98. The van der Waals surface area contributed by atoms with Crippen LogP contribution in [0.4, 0.5) is 0 Å². The van der Waals surface area contributed by atoms with E-state index in [1.54, 1.807) is 0 Å². The molecule has 106 valence electrons. The fourth-order valence-corrected chi connectivity index (χ4v) is 2.03. The molecule has 0 amide bonds. The lowest BCUT2D eigenvalue weighted by Gasteiger charge is -2.08. The van der Waals surface area contributed by atoms with Gasteiger partial charge in [-0.05, 0) is 35.7 Å². The summed E-state index contributed by atoms with van der Waals surface area (Å²) in [5.74, 6) is 0.916. The van der Waals surface area contributed by atoms with Crippen molar-refractivity contribution in [3.63, 3.8) is 0 Å². The molecule has 0 radical (unpaired) electrons. The van der Waals surface area contributed by atoms with Crippen molar-refractivity contribution in [2.45, 2.75) is 26.6 Å². The Bertz CT molecular complexity index is 523. The first kappa shape index (κ1) is 14.6. The molecule has 3 heteroatoms. The molecule has 2 rings (SSSR count).